The molecule has 1 aliphatic carbocycles. The lowest BCUT2D eigenvalue weighted by Gasteiger charge is -2.29. The molecule has 1 aliphatic heterocycles. The zero-order chi connectivity index (χ0) is 14.8. The lowest BCUT2D eigenvalue weighted by molar-refractivity contribution is -0.124. The van der Waals surface area contributed by atoms with Gasteiger partial charge in [-0.1, -0.05) is 61.4 Å². The van der Waals surface area contributed by atoms with E-state index in [0.717, 1.165) is 12.8 Å². The second-order valence-corrected chi connectivity index (χ2v) is 7.08. The average molecular weight is 319 g/mol. The van der Waals surface area contributed by atoms with E-state index in [9.17, 15) is 9.90 Å². The number of thioether (sulfide) groups is 1. The molecule has 1 saturated carbocycles. The van der Waals surface area contributed by atoms with Crippen molar-refractivity contribution in [2.75, 3.05) is 0 Å². The maximum Gasteiger partial charge on any atom is 0.266 e. The Morgan fingerprint density at radius 2 is 1.95 bits per heavy atom. The number of phenols is 1. The van der Waals surface area contributed by atoms with Gasteiger partial charge in [-0.25, -0.2) is 0 Å². The van der Waals surface area contributed by atoms with E-state index in [1.165, 1.54) is 31.0 Å². The van der Waals surface area contributed by atoms with E-state index in [1.807, 2.05) is 6.07 Å². The van der Waals surface area contributed by atoms with Crippen LogP contribution in [0.3, 0.4) is 0 Å². The summed E-state index contributed by atoms with van der Waals surface area (Å²) >= 11 is 6.73. The molecule has 1 aromatic rings. The summed E-state index contributed by atoms with van der Waals surface area (Å²) in [5, 5.41) is 9.83. The van der Waals surface area contributed by atoms with Crippen molar-refractivity contribution in [2.24, 2.45) is 0 Å². The van der Waals surface area contributed by atoms with Gasteiger partial charge < -0.3 is 5.11 Å². The van der Waals surface area contributed by atoms with Gasteiger partial charge >= 0.3 is 0 Å². The van der Waals surface area contributed by atoms with Crippen LogP contribution in [0.5, 0.6) is 5.75 Å². The van der Waals surface area contributed by atoms with Crippen LogP contribution in [0.1, 0.15) is 37.7 Å². The number of aromatic hydroxyl groups is 1. The summed E-state index contributed by atoms with van der Waals surface area (Å²) in [6.45, 7) is 0. The van der Waals surface area contributed by atoms with Crippen molar-refractivity contribution in [1.82, 2.24) is 4.90 Å². The quantitative estimate of drug-likeness (QED) is 0.662. The Morgan fingerprint density at radius 3 is 2.67 bits per heavy atom. The molecule has 0 spiro atoms. The van der Waals surface area contributed by atoms with Gasteiger partial charge in [-0.05, 0) is 25.0 Å². The molecule has 3 nitrogen and oxygen atoms in total. The van der Waals surface area contributed by atoms with Gasteiger partial charge in [-0.3, -0.25) is 9.69 Å². The largest absolute Gasteiger partial charge is 0.507 e. The van der Waals surface area contributed by atoms with Crippen LogP contribution in [0, 0.1) is 0 Å². The van der Waals surface area contributed by atoms with Crippen LogP contribution in [-0.4, -0.2) is 26.3 Å². The number of nitrogens with zero attached hydrogens (tertiary/aromatic N) is 1. The first-order chi connectivity index (χ1) is 10.2. The number of thiocarbonyl (C=S) groups is 1. The van der Waals surface area contributed by atoms with Crippen molar-refractivity contribution in [3.63, 3.8) is 0 Å². The maximum atomic E-state index is 12.6. The summed E-state index contributed by atoms with van der Waals surface area (Å²) in [6, 6.07) is 7.27. The van der Waals surface area contributed by atoms with Gasteiger partial charge in [0.1, 0.15) is 10.1 Å². The minimum absolute atomic E-state index is 0.0137. The third-order valence-electron chi connectivity index (χ3n) is 3.99. The van der Waals surface area contributed by atoms with E-state index < -0.39 is 0 Å². The molecule has 1 saturated heterocycles. The normalized spacial score (nSPS) is 22.3. The number of benzene rings is 1. The van der Waals surface area contributed by atoms with E-state index in [0.29, 0.717) is 14.8 Å². The molecule has 2 fully saturated rings. The molecule has 0 bridgehead atoms. The van der Waals surface area contributed by atoms with Crippen LogP contribution < -0.4 is 0 Å². The topological polar surface area (TPSA) is 40.5 Å². The van der Waals surface area contributed by atoms with Crippen LogP contribution in [0.25, 0.3) is 6.08 Å². The lowest BCUT2D eigenvalue weighted by Crippen LogP contribution is -2.39. The van der Waals surface area contributed by atoms with Crippen LogP contribution in [0.15, 0.2) is 29.2 Å². The van der Waals surface area contributed by atoms with Crippen LogP contribution in [0.2, 0.25) is 0 Å². The van der Waals surface area contributed by atoms with Crippen molar-refractivity contribution >= 4 is 40.3 Å². The molecule has 1 amide bonds. The number of amides is 1. The SMILES string of the molecule is O=C1C(=Cc2ccccc2O)SC(=S)N1C1CCCCC1. The van der Waals surface area contributed by atoms with E-state index >= 15 is 0 Å². The zero-order valence-electron chi connectivity index (χ0n) is 11.6. The highest BCUT2D eigenvalue weighted by Gasteiger charge is 2.37. The summed E-state index contributed by atoms with van der Waals surface area (Å²) in [5.41, 5.74) is 0.654. The van der Waals surface area contributed by atoms with Crippen LogP contribution >= 0.6 is 24.0 Å². The minimum atomic E-state index is -0.0137. The van der Waals surface area contributed by atoms with Gasteiger partial charge in [-0.15, -0.1) is 0 Å². The highest BCUT2D eigenvalue weighted by molar-refractivity contribution is 8.26. The number of carbonyl (C=O) groups is 1. The number of rotatable bonds is 2. The number of hydrogen-bond acceptors (Lipinski definition) is 4. The monoisotopic (exact) mass is 319 g/mol. The first-order valence-electron chi connectivity index (χ1n) is 7.22. The molecule has 0 aromatic heterocycles. The molecular formula is C16H17NO2S2. The second kappa shape index (κ2) is 6.20. The Balaban J connectivity index is 1.84. The van der Waals surface area contributed by atoms with Crippen molar-refractivity contribution < 1.29 is 9.90 Å². The van der Waals surface area contributed by atoms with E-state index in [-0.39, 0.29) is 17.7 Å². The fourth-order valence-corrected chi connectivity index (χ4v) is 4.28. The molecule has 1 aromatic carbocycles. The molecule has 2 aliphatic rings. The Hall–Kier alpha value is -1.33. The fourth-order valence-electron chi connectivity index (χ4n) is 2.88. The third-order valence-corrected chi connectivity index (χ3v) is 5.32. The van der Waals surface area contributed by atoms with Crippen molar-refractivity contribution in [3.05, 3.63) is 34.7 Å². The van der Waals surface area contributed by atoms with E-state index in [2.05, 4.69) is 0 Å². The number of phenolic OH excluding ortho intramolecular Hbond substituents is 1. The third kappa shape index (κ3) is 2.99. The highest BCUT2D eigenvalue weighted by atomic mass is 32.2. The van der Waals surface area contributed by atoms with Gasteiger partial charge in [0, 0.05) is 11.6 Å². The molecule has 1 N–H and O–H groups in total. The van der Waals surface area contributed by atoms with Crippen molar-refractivity contribution in [2.45, 2.75) is 38.1 Å². The Kier molecular flexibility index (Phi) is 4.31. The predicted octanol–water partition coefficient (Wildman–Crippen LogP) is 3.93. The smallest absolute Gasteiger partial charge is 0.266 e. The van der Waals surface area contributed by atoms with Gasteiger partial charge in [-0.2, -0.15) is 0 Å². The standard InChI is InChI=1S/C16H17NO2S2/c18-13-9-5-4-6-11(13)10-14-15(19)17(16(20)21-14)12-7-2-1-3-8-12/h4-6,9-10,12,18H,1-3,7-8H2. The van der Waals surface area contributed by atoms with E-state index in [4.69, 9.17) is 12.2 Å². The van der Waals surface area contributed by atoms with Crippen LogP contribution in [-0.2, 0) is 4.79 Å². The molecule has 0 radical (unpaired) electrons. The summed E-state index contributed by atoms with van der Waals surface area (Å²) in [4.78, 5) is 15.0. The number of hydrogen-bond donors (Lipinski definition) is 1. The molecule has 21 heavy (non-hydrogen) atoms. The summed E-state index contributed by atoms with van der Waals surface area (Å²) < 4.78 is 0.647. The van der Waals surface area contributed by atoms with E-state index in [1.54, 1.807) is 29.2 Å². The van der Waals surface area contributed by atoms with Gasteiger partial charge in [0.25, 0.3) is 5.91 Å². The molecule has 3 rings (SSSR count). The average Bonchev–Trinajstić information content (AvgIpc) is 2.77. The molecule has 0 atom stereocenters. The first kappa shape index (κ1) is 14.6. The van der Waals surface area contributed by atoms with Crippen LogP contribution in [0.4, 0.5) is 0 Å². The number of para-hydroxylation sites is 1. The van der Waals surface area contributed by atoms with Gasteiger partial charge in [0.05, 0.1) is 4.91 Å². The predicted molar refractivity (Wildman–Crippen MR) is 90.0 cm³/mol. The fraction of sp³-hybridized carbons (Fsp3) is 0.375. The van der Waals surface area contributed by atoms with Gasteiger partial charge in [0.15, 0.2) is 0 Å². The van der Waals surface area contributed by atoms with Gasteiger partial charge in [0.2, 0.25) is 0 Å². The van der Waals surface area contributed by atoms with Crippen molar-refractivity contribution in [1.29, 1.82) is 0 Å². The Morgan fingerprint density at radius 1 is 1.24 bits per heavy atom. The Labute approximate surface area is 134 Å². The molecule has 1 heterocycles. The highest BCUT2D eigenvalue weighted by Crippen LogP contribution is 2.37. The second-order valence-electron chi connectivity index (χ2n) is 5.40. The number of carbonyl (C=O) groups excluding carboxylic acids is 1. The summed E-state index contributed by atoms with van der Waals surface area (Å²) in [5.74, 6) is 0.167. The first-order valence-corrected chi connectivity index (χ1v) is 8.44. The molecule has 110 valence electrons. The molecule has 0 unspecified atom stereocenters. The zero-order valence-corrected chi connectivity index (χ0v) is 13.3. The summed E-state index contributed by atoms with van der Waals surface area (Å²) in [7, 11) is 0. The van der Waals surface area contributed by atoms with Crippen molar-refractivity contribution in [3.8, 4) is 5.75 Å². The summed E-state index contributed by atoms with van der Waals surface area (Å²) in [6.07, 6.45) is 7.39. The lowest BCUT2D eigenvalue weighted by atomic mass is 9.94. The maximum absolute atomic E-state index is 12.6. The molecular weight excluding hydrogens is 302 g/mol. The minimum Gasteiger partial charge on any atom is -0.507 e. The molecule has 5 heteroatoms. The Bertz CT molecular complexity index is 606.